The fraction of sp³-hybridized carbons (Fsp3) is 0.333. The maximum Gasteiger partial charge on any atom is 0.254 e. The van der Waals surface area contributed by atoms with Gasteiger partial charge in [-0.25, -0.2) is 4.98 Å². The molecule has 1 aliphatic heterocycles. The van der Waals surface area contributed by atoms with Crippen LogP contribution in [0.3, 0.4) is 0 Å². The fourth-order valence-electron chi connectivity index (χ4n) is 7.34. The molecule has 3 heterocycles. The van der Waals surface area contributed by atoms with E-state index in [2.05, 4.69) is 69.8 Å². The lowest BCUT2D eigenvalue weighted by molar-refractivity contribution is 0.0700. The van der Waals surface area contributed by atoms with E-state index in [9.17, 15) is 4.79 Å². The van der Waals surface area contributed by atoms with Crippen molar-refractivity contribution >= 4 is 40.0 Å². The number of carbonyl (C=O) groups excluding carboxylic acids is 1. The molecule has 2 aliphatic carbocycles. The molecule has 3 aromatic carbocycles. The Bertz CT molecular complexity index is 1900. The van der Waals surface area contributed by atoms with Gasteiger partial charge in [0.15, 0.2) is 5.82 Å². The molecule has 2 bridgehead atoms. The van der Waals surface area contributed by atoms with Gasteiger partial charge in [0.1, 0.15) is 11.3 Å². The number of aromatic nitrogens is 3. The van der Waals surface area contributed by atoms with E-state index in [1.807, 2.05) is 30.1 Å². The van der Waals surface area contributed by atoms with Gasteiger partial charge in [-0.05, 0) is 72.9 Å². The number of ether oxygens (including phenoxy) is 1. The first-order chi connectivity index (χ1) is 21.0. The van der Waals surface area contributed by atoms with E-state index in [-0.39, 0.29) is 18.0 Å². The SMILES string of the molecule is COc1cc(C(=O)N2C[C@H]3CCC2[C@@H]3N)cc2nc(-c3cc4ccc(/C=C/c5ccccc5)cc4n3CC3CC3)n(C)c12. The number of amides is 1. The Hall–Kier alpha value is -4.36. The van der Waals surface area contributed by atoms with Gasteiger partial charge in [-0.3, -0.25) is 4.79 Å². The van der Waals surface area contributed by atoms with Crippen molar-refractivity contribution in [3.63, 3.8) is 0 Å². The molecule has 5 aromatic rings. The Morgan fingerprint density at radius 1 is 1.00 bits per heavy atom. The predicted octanol–water partition coefficient (Wildman–Crippen LogP) is 6.35. The molecule has 218 valence electrons. The zero-order valence-corrected chi connectivity index (χ0v) is 24.7. The molecule has 7 nitrogen and oxygen atoms in total. The zero-order chi connectivity index (χ0) is 29.2. The van der Waals surface area contributed by atoms with Gasteiger partial charge in [-0.15, -0.1) is 0 Å². The van der Waals surface area contributed by atoms with Gasteiger partial charge in [0.05, 0.1) is 18.3 Å². The minimum atomic E-state index is 0.0222. The molecule has 2 aromatic heterocycles. The van der Waals surface area contributed by atoms with Crippen LogP contribution >= 0.6 is 0 Å². The maximum atomic E-state index is 13.7. The minimum absolute atomic E-state index is 0.0222. The smallest absolute Gasteiger partial charge is 0.254 e. The van der Waals surface area contributed by atoms with E-state index in [1.54, 1.807) is 7.11 Å². The highest BCUT2D eigenvalue weighted by Crippen LogP contribution is 2.40. The number of fused-ring (bicyclic) bond motifs is 4. The van der Waals surface area contributed by atoms with Crippen molar-refractivity contribution < 1.29 is 9.53 Å². The van der Waals surface area contributed by atoms with Gasteiger partial charge in [0.25, 0.3) is 5.91 Å². The largest absolute Gasteiger partial charge is 0.494 e. The molecule has 43 heavy (non-hydrogen) atoms. The molecule has 2 N–H and O–H groups in total. The Morgan fingerprint density at radius 2 is 1.81 bits per heavy atom. The van der Waals surface area contributed by atoms with Gasteiger partial charge in [-0.1, -0.05) is 54.6 Å². The second-order valence-corrected chi connectivity index (χ2v) is 12.6. The number of aryl methyl sites for hydroxylation is 1. The normalized spacial score (nSPS) is 21.6. The molecule has 8 rings (SSSR count). The lowest BCUT2D eigenvalue weighted by Gasteiger charge is -2.27. The number of hydrogen-bond acceptors (Lipinski definition) is 4. The number of nitrogens with zero attached hydrogens (tertiary/aromatic N) is 4. The lowest BCUT2D eigenvalue weighted by Crippen LogP contribution is -2.41. The van der Waals surface area contributed by atoms with Crippen LogP contribution in [-0.2, 0) is 13.6 Å². The molecule has 2 saturated carbocycles. The molecule has 7 heteroatoms. The van der Waals surface area contributed by atoms with Crippen LogP contribution in [0.25, 0.3) is 45.6 Å². The molecule has 1 saturated heterocycles. The van der Waals surface area contributed by atoms with Gasteiger partial charge < -0.3 is 24.5 Å². The van der Waals surface area contributed by atoms with E-state index in [0.717, 1.165) is 48.5 Å². The molecule has 0 spiro atoms. The molecular formula is C36H37N5O2. The van der Waals surface area contributed by atoms with E-state index >= 15 is 0 Å². The Morgan fingerprint density at radius 3 is 2.53 bits per heavy atom. The molecule has 3 fully saturated rings. The second kappa shape index (κ2) is 10.1. The highest BCUT2D eigenvalue weighted by atomic mass is 16.5. The molecule has 3 atom stereocenters. The molecule has 3 aliphatic rings. The summed E-state index contributed by atoms with van der Waals surface area (Å²) < 4.78 is 10.4. The third kappa shape index (κ3) is 4.45. The van der Waals surface area contributed by atoms with Crippen molar-refractivity contribution in [2.45, 2.75) is 44.3 Å². The van der Waals surface area contributed by atoms with Crippen LogP contribution in [0, 0.1) is 11.8 Å². The lowest BCUT2D eigenvalue weighted by atomic mass is 10.1. The predicted molar refractivity (Wildman–Crippen MR) is 172 cm³/mol. The van der Waals surface area contributed by atoms with Gasteiger partial charge >= 0.3 is 0 Å². The Labute approximate surface area is 251 Å². The van der Waals surface area contributed by atoms with Crippen molar-refractivity contribution in [1.29, 1.82) is 0 Å². The van der Waals surface area contributed by atoms with Crippen LogP contribution in [0.15, 0.2) is 66.7 Å². The number of methoxy groups -OCH3 is 1. The quantitative estimate of drug-likeness (QED) is 0.231. The van der Waals surface area contributed by atoms with Gasteiger partial charge in [0, 0.05) is 48.7 Å². The molecule has 0 radical (unpaired) electrons. The van der Waals surface area contributed by atoms with Crippen molar-refractivity contribution in [1.82, 2.24) is 19.0 Å². The van der Waals surface area contributed by atoms with E-state index in [0.29, 0.717) is 23.1 Å². The second-order valence-electron chi connectivity index (χ2n) is 12.6. The van der Waals surface area contributed by atoms with E-state index < -0.39 is 0 Å². The summed E-state index contributed by atoms with van der Waals surface area (Å²) in [4.78, 5) is 20.8. The van der Waals surface area contributed by atoms with Gasteiger partial charge in [0.2, 0.25) is 0 Å². The Balaban J connectivity index is 1.21. The number of nitrogens with two attached hydrogens (primary N) is 1. The number of hydrogen-bond donors (Lipinski definition) is 1. The summed E-state index contributed by atoms with van der Waals surface area (Å²) in [6.45, 7) is 1.70. The van der Waals surface area contributed by atoms with Crippen molar-refractivity contribution in [3.05, 3.63) is 83.4 Å². The maximum absolute atomic E-state index is 13.7. The third-order valence-corrected chi connectivity index (χ3v) is 9.88. The highest BCUT2D eigenvalue weighted by molar-refractivity contribution is 6.00. The number of rotatable bonds is 7. The standard InChI is InChI=1S/C36H37N5O2/c1-39-34-28(17-27(19-32(34)43-2)36(42)41-21-26-14-15-29(41)33(26)37)38-35(39)31-18-25-13-12-23(9-8-22-6-4-3-5-7-22)16-30(25)40(31)20-24-10-11-24/h3-9,12-13,16-19,24,26,29,33H,10-11,14-15,20-21,37H2,1-2H3/b9-8+/t26-,29?,33-/m1/s1. The third-order valence-electron chi connectivity index (χ3n) is 9.88. The van der Waals surface area contributed by atoms with E-state index in [4.69, 9.17) is 15.5 Å². The summed E-state index contributed by atoms with van der Waals surface area (Å²) >= 11 is 0. The van der Waals surface area contributed by atoms with Crippen LogP contribution in [-0.4, -0.2) is 50.7 Å². The number of likely N-dealkylation sites (tertiary alicyclic amines) is 1. The van der Waals surface area contributed by atoms with Crippen molar-refractivity contribution in [2.24, 2.45) is 24.6 Å². The summed E-state index contributed by atoms with van der Waals surface area (Å²) in [5.41, 5.74) is 13.3. The molecular weight excluding hydrogens is 534 g/mol. The monoisotopic (exact) mass is 571 g/mol. The highest BCUT2D eigenvalue weighted by Gasteiger charge is 2.47. The van der Waals surface area contributed by atoms with Crippen LogP contribution in [0.1, 0.15) is 47.2 Å². The van der Waals surface area contributed by atoms with Gasteiger partial charge in [-0.2, -0.15) is 0 Å². The van der Waals surface area contributed by atoms with Crippen LogP contribution < -0.4 is 10.5 Å². The summed E-state index contributed by atoms with van der Waals surface area (Å²) in [5.74, 6) is 2.65. The summed E-state index contributed by atoms with van der Waals surface area (Å²) in [6, 6.07) is 23.3. The Kier molecular flexibility index (Phi) is 6.19. The number of carbonyl (C=O) groups is 1. The number of piperidine rings is 1. The molecule has 1 amide bonds. The first-order valence-corrected chi connectivity index (χ1v) is 15.5. The summed E-state index contributed by atoms with van der Waals surface area (Å²) in [6.07, 6.45) is 8.96. The van der Waals surface area contributed by atoms with Crippen LogP contribution in [0.5, 0.6) is 5.75 Å². The first-order valence-electron chi connectivity index (χ1n) is 15.5. The zero-order valence-electron chi connectivity index (χ0n) is 24.7. The fourth-order valence-corrected chi connectivity index (χ4v) is 7.34. The molecule has 1 unspecified atom stereocenters. The minimum Gasteiger partial charge on any atom is -0.494 e. The first kappa shape index (κ1) is 26.3. The number of benzene rings is 3. The summed E-state index contributed by atoms with van der Waals surface area (Å²) in [7, 11) is 3.71. The average molecular weight is 572 g/mol. The van der Waals surface area contributed by atoms with E-state index in [1.165, 1.54) is 34.9 Å². The van der Waals surface area contributed by atoms with Crippen LogP contribution in [0.2, 0.25) is 0 Å². The summed E-state index contributed by atoms with van der Waals surface area (Å²) in [5, 5.41) is 1.20. The van der Waals surface area contributed by atoms with Crippen LogP contribution in [0.4, 0.5) is 0 Å². The van der Waals surface area contributed by atoms with Crippen molar-refractivity contribution in [3.8, 4) is 17.3 Å². The topological polar surface area (TPSA) is 78.3 Å². The average Bonchev–Trinajstić information content (AvgIpc) is 3.44. The number of imidazole rings is 1. The van der Waals surface area contributed by atoms with Crippen molar-refractivity contribution in [2.75, 3.05) is 13.7 Å².